The number of benzene rings is 1. The minimum absolute atomic E-state index is 0.0373. The van der Waals surface area contributed by atoms with Gasteiger partial charge in [0.2, 0.25) is 5.91 Å². The fourth-order valence-electron chi connectivity index (χ4n) is 1.86. The minimum Gasteiger partial charge on any atom is -0.352 e. The van der Waals surface area contributed by atoms with E-state index in [1.54, 1.807) is 0 Å². The number of carbonyl (C=O) groups is 1. The summed E-state index contributed by atoms with van der Waals surface area (Å²) in [5.41, 5.74) is 1.94. The third kappa shape index (κ3) is 4.19. The molecule has 1 aromatic rings. The lowest BCUT2D eigenvalue weighted by molar-refractivity contribution is -0.123. The number of hydrogen-bond donors (Lipinski definition) is 1. The van der Waals surface area contributed by atoms with Crippen LogP contribution in [0.15, 0.2) is 36.4 Å². The number of carbonyl (C=O) groups excluding carboxylic acids is 1. The molecule has 1 amide bonds. The number of halogens is 1. The second kappa shape index (κ2) is 6.60. The van der Waals surface area contributed by atoms with Gasteiger partial charge < -0.3 is 5.32 Å². The number of hydrogen-bond acceptors (Lipinski definition) is 1. The fourth-order valence-corrected chi connectivity index (χ4v) is 1.98. The Bertz CT molecular complexity index is 423. The van der Waals surface area contributed by atoms with E-state index in [2.05, 4.69) is 11.9 Å². The van der Waals surface area contributed by atoms with Crippen LogP contribution in [-0.2, 0) is 4.79 Å². The lowest BCUT2D eigenvalue weighted by Crippen LogP contribution is -2.33. The Hall–Kier alpha value is -1.28. The van der Waals surface area contributed by atoms with Gasteiger partial charge in [-0.05, 0) is 30.5 Å². The average Bonchev–Trinajstić information content (AvgIpc) is 2.29. The Morgan fingerprint density at radius 2 is 1.89 bits per heavy atom. The van der Waals surface area contributed by atoms with Gasteiger partial charge in [-0.1, -0.05) is 49.7 Å². The van der Waals surface area contributed by atoms with Gasteiger partial charge in [0.25, 0.3) is 0 Å². The molecular weight excluding hydrogens is 246 g/mol. The summed E-state index contributed by atoms with van der Waals surface area (Å²) in [5.74, 6) is 0.119. The van der Waals surface area contributed by atoms with E-state index >= 15 is 0 Å². The zero-order valence-corrected chi connectivity index (χ0v) is 11.9. The van der Waals surface area contributed by atoms with E-state index in [-0.39, 0.29) is 17.7 Å². The van der Waals surface area contributed by atoms with Crippen molar-refractivity contribution in [2.75, 3.05) is 6.54 Å². The highest BCUT2D eigenvalue weighted by Crippen LogP contribution is 2.25. The molecule has 2 nitrogen and oxygen atoms in total. The molecule has 0 bridgehead atoms. The van der Waals surface area contributed by atoms with E-state index < -0.39 is 0 Å². The third-order valence-electron chi connectivity index (χ3n) is 2.74. The van der Waals surface area contributed by atoms with Crippen LogP contribution in [0.3, 0.4) is 0 Å². The summed E-state index contributed by atoms with van der Waals surface area (Å²) in [6, 6.07) is 7.46. The first-order valence-corrected chi connectivity index (χ1v) is 6.47. The van der Waals surface area contributed by atoms with Gasteiger partial charge in [0.1, 0.15) is 0 Å². The van der Waals surface area contributed by atoms with E-state index in [4.69, 9.17) is 11.6 Å². The molecule has 0 radical (unpaired) electrons. The first-order chi connectivity index (χ1) is 8.41. The highest BCUT2D eigenvalue weighted by Gasteiger charge is 2.23. The van der Waals surface area contributed by atoms with Crippen molar-refractivity contribution in [2.24, 2.45) is 5.92 Å². The van der Waals surface area contributed by atoms with Crippen LogP contribution in [0.5, 0.6) is 0 Å². The summed E-state index contributed by atoms with van der Waals surface area (Å²) in [6.07, 6.45) is 0. The Balaban J connectivity index is 2.85. The molecular formula is C15H20ClNO. The Kier molecular flexibility index (Phi) is 5.42. The summed E-state index contributed by atoms with van der Waals surface area (Å²) in [6.45, 7) is 10.3. The van der Waals surface area contributed by atoms with Gasteiger partial charge in [-0.3, -0.25) is 4.79 Å². The van der Waals surface area contributed by atoms with Gasteiger partial charge in [0, 0.05) is 11.6 Å². The molecule has 1 rings (SSSR count). The van der Waals surface area contributed by atoms with Crippen molar-refractivity contribution in [3.8, 4) is 0 Å². The van der Waals surface area contributed by atoms with Gasteiger partial charge in [0.15, 0.2) is 0 Å². The average molecular weight is 266 g/mol. The maximum atomic E-state index is 12.2. The first-order valence-electron chi connectivity index (χ1n) is 6.09. The summed E-state index contributed by atoms with van der Waals surface area (Å²) in [7, 11) is 0. The smallest absolute Gasteiger partial charge is 0.228 e. The van der Waals surface area contributed by atoms with E-state index in [1.807, 2.05) is 45.0 Å². The van der Waals surface area contributed by atoms with Gasteiger partial charge in [0.05, 0.1) is 5.92 Å². The predicted octanol–water partition coefficient (Wildman–Crippen LogP) is 3.77. The fraction of sp³-hybridized carbons (Fsp3) is 0.400. The Labute approximate surface area is 114 Å². The second-order valence-electron chi connectivity index (χ2n) is 4.95. The van der Waals surface area contributed by atoms with Crippen molar-refractivity contribution in [3.63, 3.8) is 0 Å². The highest BCUT2D eigenvalue weighted by molar-refractivity contribution is 6.30. The molecule has 18 heavy (non-hydrogen) atoms. The lowest BCUT2D eigenvalue weighted by atomic mass is 9.87. The van der Waals surface area contributed by atoms with Crippen LogP contribution in [0.2, 0.25) is 5.02 Å². The summed E-state index contributed by atoms with van der Waals surface area (Å²) < 4.78 is 0. The number of rotatable bonds is 5. The molecule has 1 atom stereocenters. The Morgan fingerprint density at radius 1 is 1.33 bits per heavy atom. The monoisotopic (exact) mass is 265 g/mol. The molecule has 0 saturated heterocycles. The van der Waals surface area contributed by atoms with Crippen molar-refractivity contribution >= 4 is 17.5 Å². The summed E-state index contributed by atoms with van der Waals surface area (Å²) in [4.78, 5) is 12.2. The molecule has 1 unspecified atom stereocenters. The van der Waals surface area contributed by atoms with Crippen molar-refractivity contribution in [2.45, 2.75) is 26.7 Å². The van der Waals surface area contributed by atoms with E-state index in [0.717, 1.165) is 11.1 Å². The molecule has 1 N–H and O–H groups in total. The van der Waals surface area contributed by atoms with Crippen LogP contribution in [0, 0.1) is 5.92 Å². The molecule has 0 fully saturated rings. The van der Waals surface area contributed by atoms with Crippen LogP contribution in [0.25, 0.3) is 0 Å². The molecule has 0 aromatic heterocycles. The maximum Gasteiger partial charge on any atom is 0.228 e. The standard InChI is InChI=1S/C15H20ClNO/c1-10(2)9-17-15(18)14(11(3)4)12-5-7-13(16)8-6-12/h5-8,11,14H,1,9H2,2-4H3,(H,17,18). The van der Waals surface area contributed by atoms with Crippen LogP contribution < -0.4 is 5.32 Å². The maximum absolute atomic E-state index is 12.2. The molecule has 3 heteroatoms. The van der Waals surface area contributed by atoms with Crippen molar-refractivity contribution in [1.29, 1.82) is 0 Å². The van der Waals surface area contributed by atoms with E-state index in [9.17, 15) is 4.79 Å². The van der Waals surface area contributed by atoms with Crippen molar-refractivity contribution in [1.82, 2.24) is 5.32 Å². The predicted molar refractivity (Wildman–Crippen MR) is 76.9 cm³/mol. The molecule has 0 aliphatic heterocycles. The molecule has 0 aliphatic rings. The Morgan fingerprint density at radius 3 is 2.33 bits per heavy atom. The van der Waals surface area contributed by atoms with Crippen molar-refractivity contribution in [3.05, 3.63) is 47.0 Å². The quantitative estimate of drug-likeness (QED) is 0.807. The molecule has 0 aliphatic carbocycles. The molecule has 0 saturated carbocycles. The number of amides is 1. The molecule has 98 valence electrons. The number of nitrogens with one attached hydrogen (secondary N) is 1. The second-order valence-corrected chi connectivity index (χ2v) is 5.38. The first kappa shape index (κ1) is 14.8. The largest absolute Gasteiger partial charge is 0.352 e. The molecule has 0 spiro atoms. The topological polar surface area (TPSA) is 29.1 Å². The van der Waals surface area contributed by atoms with Crippen molar-refractivity contribution < 1.29 is 4.79 Å². The lowest BCUT2D eigenvalue weighted by Gasteiger charge is -2.21. The van der Waals surface area contributed by atoms with Crippen LogP contribution >= 0.6 is 11.6 Å². The zero-order chi connectivity index (χ0) is 13.7. The summed E-state index contributed by atoms with van der Waals surface area (Å²) >= 11 is 5.87. The van der Waals surface area contributed by atoms with Gasteiger partial charge in [-0.2, -0.15) is 0 Å². The minimum atomic E-state index is -0.151. The molecule has 1 aromatic carbocycles. The van der Waals surface area contributed by atoms with Gasteiger partial charge >= 0.3 is 0 Å². The molecule has 0 heterocycles. The van der Waals surface area contributed by atoms with E-state index in [1.165, 1.54) is 0 Å². The van der Waals surface area contributed by atoms with Gasteiger partial charge in [-0.15, -0.1) is 0 Å². The third-order valence-corrected chi connectivity index (χ3v) is 2.99. The van der Waals surface area contributed by atoms with Crippen LogP contribution in [0.1, 0.15) is 32.3 Å². The van der Waals surface area contributed by atoms with E-state index in [0.29, 0.717) is 11.6 Å². The normalized spacial score (nSPS) is 12.3. The van der Waals surface area contributed by atoms with Crippen LogP contribution in [0.4, 0.5) is 0 Å². The van der Waals surface area contributed by atoms with Crippen LogP contribution in [-0.4, -0.2) is 12.5 Å². The SMILES string of the molecule is C=C(C)CNC(=O)C(c1ccc(Cl)cc1)C(C)C. The summed E-state index contributed by atoms with van der Waals surface area (Å²) in [5, 5.41) is 3.59. The highest BCUT2D eigenvalue weighted by atomic mass is 35.5. The van der Waals surface area contributed by atoms with Gasteiger partial charge in [-0.25, -0.2) is 0 Å². The zero-order valence-electron chi connectivity index (χ0n) is 11.2.